The molecule has 8 nitrogen and oxygen atoms in total. The minimum atomic E-state index is -3.39. The van der Waals surface area contributed by atoms with Crippen molar-refractivity contribution < 1.29 is 8.42 Å². The van der Waals surface area contributed by atoms with Crippen molar-refractivity contribution in [2.24, 2.45) is 4.99 Å². The second-order valence-electron chi connectivity index (χ2n) is 7.93. The second kappa shape index (κ2) is 13.8. The summed E-state index contributed by atoms with van der Waals surface area (Å²) in [5.41, 5.74) is 3.86. The Morgan fingerprint density at radius 2 is 1.84 bits per heavy atom. The quantitative estimate of drug-likeness (QED) is 0.165. The number of hydrogen-bond donors (Lipinski definition) is 3. The summed E-state index contributed by atoms with van der Waals surface area (Å²) in [6, 6.07) is 9.48. The fourth-order valence-electron chi connectivity index (χ4n) is 3.30. The molecule has 10 heteroatoms. The summed E-state index contributed by atoms with van der Waals surface area (Å²) in [5.74, 6) is 0.664. The van der Waals surface area contributed by atoms with Crippen LogP contribution in [0.4, 0.5) is 0 Å². The standard InChI is InChI=1S/C22H36N6O2S.HI/c1-6-23-22(24-12-9-13-28-19(5)14-18(4)26-28)25-15-20-10-7-8-11-21(20)16-31(29,30)27-17(2)3;/h7-8,10-11,14,17,27H,6,9,12-13,15-16H2,1-5H3,(H2,23,24,25);1H. The summed E-state index contributed by atoms with van der Waals surface area (Å²) in [5, 5.41) is 11.1. The molecule has 0 radical (unpaired) electrons. The Balaban J connectivity index is 0.00000512. The molecule has 0 amide bonds. The van der Waals surface area contributed by atoms with E-state index in [0.717, 1.165) is 48.6 Å². The molecule has 0 unspecified atom stereocenters. The van der Waals surface area contributed by atoms with Crippen molar-refractivity contribution in [2.75, 3.05) is 13.1 Å². The van der Waals surface area contributed by atoms with Gasteiger partial charge in [-0.15, -0.1) is 24.0 Å². The van der Waals surface area contributed by atoms with E-state index >= 15 is 0 Å². The van der Waals surface area contributed by atoms with E-state index < -0.39 is 10.0 Å². The summed E-state index contributed by atoms with van der Waals surface area (Å²) >= 11 is 0. The summed E-state index contributed by atoms with van der Waals surface area (Å²) in [4.78, 5) is 4.66. The molecule has 2 aromatic rings. The van der Waals surface area contributed by atoms with E-state index in [2.05, 4.69) is 38.4 Å². The topological polar surface area (TPSA) is 100 Å². The van der Waals surface area contributed by atoms with Crippen molar-refractivity contribution in [3.63, 3.8) is 0 Å². The summed E-state index contributed by atoms with van der Waals surface area (Å²) in [7, 11) is -3.39. The van der Waals surface area contributed by atoms with Gasteiger partial charge in [0.15, 0.2) is 5.96 Å². The highest BCUT2D eigenvalue weighted by molar-refractivity contribution is 14.0. The van der Waals surface area contributed by atoms with Crippen LogP contribution in [0.5, 0.6) is 0 Å². The molecule has 1 aromatic heterocycles. The predicted molar refractivity (Wildman–Crippen MR) is 142 cm³/mol. The van der Waals surface area contributed by atoms with Crippen LogP contribution < -0.4 is 15.4 Å². The van der Waals surface area contributed by atoms with Crippen molar-refractivity contribution in [3.8, 4) is 0 Å². The van der Waals surface area contributed by atoms with E-state index in [1.54, 1.807) is 0 Å². The molecule has 3 N–H and O–H groups in total. The zero-order valence-corrected chi connectivity index (χ0v) is 22.8. The molecule has 0 fully saturated rings. The average Bonchev–Trinajstić information content (AvgIpc) is 2.99. The van der Waals surface area contributed by atoms with Crippen LogP contribution in [0.15, 0.2) is 35.3 Å². The van der Waals surface area contributed by atoms with Gasteiger partial charge in [0.1, 0.15) is 0 Å². The first-order valence-electron chi connectivity index (χ1n) is 10.8. The average molecular weight is 577 g/mol. The Bertz CT molecular complexity index is 973. The van der Waals surface area contributed by atoms with E-state index in [0.29, 0.717) is 12.5 Å². The smallest absolute Gasteiger partial charge is 0.216 e. The SMILES string of the molecule is CCNC(=NCc1ccccc1CS(=O)(=O)NC(C)C)NCCCn1nc(C)cc1C.I. The van der Waals surface area contributed by atoms with Crippen LogP contribution in [0.3, 0.4) is 0 Å². The van der Waals surface area contributed by atoms with E-state index in [1.165, 1.54) is 0 Å². The maximum Gasteiger partial charge on any atom is 0.216 e. The third-order valence-electron chi connectivity index (χ3n) is 4.57. The van der Waals surface area contributed by atoms with Gasteiger partial charge in [0.2, 0.25) is 10.0 Å². The minimum Gasteiger partial charge on any atom is -0.357 e. The van der Waals surface area contributed by atoms with Gasteiger partial charge in [0.05, 0.1) is 18.0 Å². The van der Waals surface area contributed by atoms with Gasteiger partial charge in [-0.3, -0.25) is 4.68 Å². The molecule has 180 valence electrons. The Kier molecular flexibility index (Phi) is 12.2. The van der Waals surface area contributed by atoms with Gasteiger partial charge in [-0.25, -0.2) is 18.1 Å². The molecule has 0 aliphatic carbocycles. The fourth-order valence-corrected chi connectivity index (χ4v) is 4.79. The van der Waals surface area contributed by atoms with Gasteiger partial charge in [0, 0.05) is 31.4 Å². The van der Waals surface area contributed by atoms with E-state index in [9.17, 15) is 8.42 Å². The van der Waals surface area contributed by atoms with Gasteiger partial charge < -0.3 is 10.6 Å². The van der Waals surface area contributed by atoms with Crippen molar-refractivity contribution in [1.82, 2.24) is 25.1 Å². The molecule has 0 saturated carbocycles. The van der Waals surface area contributed by atoms with Crippen molar-refractivity contribution >= 4 is 40.0 Å². The normalized spacial score (nSPS) is 12.0. The number of nitrogens with one attached hydrogen (secondary N) is 3. The molecular weight excluding hydrogens is 539 g/mol. The van der Waals surface area contributed by atoms with Crippen LogP contribution in [0.2, 0.25) is 0 Å². The molecule has 0 saturated heterocycles. The van der Waals surface area contributed by atoms with E-state index in [4.69, 9.17) is 0 Å². The molecule has 0 aliphatic heterocycles. The lowest BCUT2D eigenvalue weighted by Crippen LogP contribution is -2.38. The van der Waals surface area contributed by atoms with Crippen LogP contribution in [0.1, 0.15) is 49.7 Å². The maximum atomic E-state index is 12.3. The molecule has 32 heavy (non-hydrogen) atoms. The van der Waals surface area contributed by atoms with Crippen molar-refractivity contribution in [2.45, 2.75) is 65.9 Å². The lowest BCUT2D eigenvalue weighted by Gasteiger charge is -2.14. The number of benzene rings is 1. The molecule has 0 aliphatic rings. The number of rotatable bonds is 11. The fraction of sp³-hybridized carbons (Fsp3) is 0.545. The second-order valence-corrected chi connectivity index (χ2v) is 9.68. The molecule has 2 rings (SSSR count). The Labute approximate surface area is 209 Å². The molecule has 0 bridgehead atoms. The zero-order valence-electron chi connectivity index (χ0n) is 19.7. The van der Waals surface area contributed by atoms with Crippen molar-refractivity contribution in [3.05, 3.63) is 52.8 Å². The monoisotopic (exact) mass is 576 g/mol. The Hall–Kier alpha value is -1.66. The van der Waals surface area contributed by atoms with Gasteiger partial charge in [0.25, 0.3) is 0 Å². The first-order chi connectivity index (χ1) is 14.7. The van der Waals surface area contributed by atoms with Gasteiger partial charge >= 0.3 is 0 Å². The van der Waals surface area contributed by atoms with E-state index in [-0.39, 0.29) is 35.8 Å². The van der Waals surface area contributed by atoms with Crippen LogP contribution in [0.25, 0.3) is 0 Å². The summed E-state index contributed by atoms with van der Waals surface area (Å²) in [6.45, 7) is 12.5. The Morgan fingerprint density at radius 1 is 1.16 bits per heavy atom. The number of sulfonamides is 1. The summed E-state index contributed by atoms with van der Waals surface area (Å²) in [6.07, 6.45) is 0.919. The van der Waals surface area contributed by atoms with Crippen LogP contribution >= 0.6 is 24.0 Å². The third-order valence-corrected chi connectivity index (χ3v) is 6.09. The minimum absolute atomic E-state index is 0. The zero-order chi connectivity index (χ0) is 22.9. The van der Waals surface area contributed by atoms with Gasteiger partial charge in [-0.05, 0) is 58.2 Å². The largest absolute Gasteiger partial charge is 0.357 e. The van der Waals surface area contributed by atoms with Gasteiger partial charge in [-0.1, -0.05) is 24.3 Å². The Morgan fingerprint density at radius 3 is 2.44 bits per heavy atom. The number of halogens is 1. The molecular formula is C22H37IN6O2S. The first kappa shape index (κ1) is 28.4. The highest BCUT2D eigenvalue weighted by Gasteiger charge is 2.15. The number of guanidine groups is 1. The molecule has 1 aromatic carbocycles. The number of hydrogen-bond acceptors (Lipinski definition) is 4. The van der Waals surface area contributed by atoms with Gasteiger partial charge in [-0.2, -0.15) is 5.10 Å². The number of nitrogens with zero attached hydrogens (tertiary/aromatic N) is 3. The number of aromatic nitrogens is 2. The molecule has 0 atom stereocenters. The summed E-state index contributed by atoms with van der Waals surface area (Å²) < 4.78 is 29.3. The van der Waals surface area contributed by atoms with Crippen LogP contribution in [-0.4, -0.2) is 43.3 Å². The lowest BCUT2D eigenvalue weighted by molar-refractivity contribution is 0.555. The predicted octanol–water partition coefficient (Wildman–Crippen LogP) is 3.09. The van der Waals surface area contributed by atoms with Crippen LogP contribution in [-0.2, 0) is 28.9 Å². The van der Waals surface area contributed by atoms with Crippen molar-refractivity contribution in [1.29, 1.82) is 0 Å². The number of aryl methyl sites for hydroxylation is 3. The number of aliphatic imine (C=N–C) groups is 1. The molecule has 0 spiro atoms. The highest BCUT2D eigenvalue weighted by atomic mass is 127. The van der Waals surface area contributed by atoms with Crippen LogP contribution in [0, 0.1) is 13.8 Å². The first-order valence-corrected chi connectivity index (χ1v) is 12.5. The molecule has 1 heterocycles. The highest BCUT2D eigenvalue weighted by Crippen LogP contribution is 2.13. The van der Waals surface area contributed by atoms with E-state index in [1.807, 2.05) is 56.6 Å². The third kappa shape index (κ3) is 9.86. The maximum absolute atomic E-state index is 12.3. The lowest BCUT2D eigenvalue weighted by atomic mass is 10.1.